The van der Waals surface area contributed by atoms with Crippen LogP contribution in [0.3, 0.4) is 0 Å². The molecule has 82 valence electrons. The van der Waals surface area contributed by atoms with Crippen LogP contribution in [0.2, 0.25) is 0 Å². The third-order valence-corrected chi connectivity index (χ3v) is 1.91. The molecule has 0 aromatic heterocycles. The van der Waals surface area contributed by atoms with Gasteiger partial charge in [-0.2, -0.15) is 10.5 Å². The lowest BCUT2D eigenvalue weighted by molar-refractivity contribution is -0.122. The van der Waals surface area contributed by atoms with Crippen LogP contribution in [-0.2, 0) is 4.79 Å². The summed E-state index contributed by atoms with van der Waals surface area (Å²) >= 11 is 0. The first kappa shape index (κ1) is 13.4. The average Bonchev–Trinajstić information content (AvgIpc) is 2.17. The van der Waals surface area contributed by atoms with Crippen molar-refractivity contribution in [1.82, 2.24) is 10.2 Å². The van der Waals surface area contributed by atoms with E-state index in [1.807, 2.05) is 26.0 Å². The van der Waals surface area contributed by atoms with Crippen LogP contribution in [0.4, 0.5) is 0 Å². The molecule has 15 heavy (non-hydrogen) atoms. The number of nitrogens with zero attached hydrogens (tertiary/aromatic N) is 3. The molecule has 0 heterocycles. The van der Waals surface area contributed by atoms with E-state index >= 15 is 0 Å². The van der Waals surface area contributed by atoms with Crippen molar-refractivity contribution in [2.75, 3.05) is 19.6 Å². The summed E-state index contributed by atoms with van der Waals surface area (Å²) in [7, 11) is 0. The molecule has 0 aliphatic carbocycles. The molecule has 0 spiro atoms. The van der Waals surface area contributed by atoms with Gasteiger partial charge in [0.05, 0.1) is 31.6 Å². The maximum absolute atomic E-state index is 11.3. The van der Waals surface area contributed by atoms with Gasteiger partial charge in [-0.3, -0.25) is 9.69 Å². The highest BCUT2D eigenvalue weighted by atomic mass is 16.2. The molecule has 1 amide bonds. The lowest BCUT2D eigenvalue weighted by Crippen LogP contribution is -2.41. The Hall–Kier alpha value is -1.59. The molecule has 0 aliphatic rings. The van der Waals surface area contributed by atoms with Gasteiger partial charge in [-0.25, -0.2) is 0 Å². The van der Waals surface area contributed by atoms with Crippen LogP contribution in [0.25, 0.3) is 0 Å². The van der Waals surface area contributed by atoms with Crippen molar-refractivity contribution in [1.29, 1.82) is 10.5 Å². The molecule has 5 heteroatoms. The molecule has 0 fully saturated rings. The molecular weight excluding hydrogens is 192 g/mol. The maximum atomic E-state index is 11.3. The van der Waals surface area contributed by atoms with Crippen molar-refractivity contribution in [3.8, 4) is 12.1 Å². The van der Waals surface area contributed by atoms with E-state index in [2.05, 4.69) is 5.32 Å². The Bertz CT molecular complexity index is 274. The van der Waals surface area contributed by atoms with Crippen molar-refractivity contribution >= 4 is 5.91 Å². The summed E-state index contributed by atoms with van der Waals surface area (Å²) in [5.74, 6) is -0.144. The summed E-state index contributed by atoms with van der Waals surface area (Å²) in [5.41, 5.74) is 0. The summed E-state index contributed by atoms with van der Waals surface area (Å²) in [6.45, 7) is 4.67. The van der Waals surface area contributed by atoms with Gasteiger partial charge >= 0.3 is 0 Å². The summed E-state index contributed by atoms with van der Waals surface area (Å²) in [4.78, 5) is 13.1. The number of hydrogen-bond donors (Lipinski definition) is 1. The minimum Gasteiger partial charge on any atom is -0.354 e. The van der Waals surface area contributed by atoms with Gasteiger partial charge < -0.3 is 5.32 Å². The van der Waals surface area contributed by atoms with E-state index in [0.29, 0.717) is 13.0 Å². The van der Waals surface area contributed by atoms with Crippen LogP contribution in [0.15, 0.2) is 0 Å². The van der Waals surface area contributed by atoms with Gasteiger partial charge in [0.25, 0.3) is 0 Å². The van der Waals surface area contributed by atoms with Gasteiger partial charge in [-0.15, -0.1) is 0 Å². The van der Waals surface area contributed by atoms with Crippen molar-refractivity contribution in [2.24, 2.45) is 0 Å². The summed E-state index contributed by atoms with van der Waals surface area (Å²) in [6.07, 6.45) is 0.311. The second-order valence-corrected chi connectivity index (χ2v) is 3.41. The number of carbonyl (C=O) groups is 1. The fourth-order valence-corrected chi connectivity index (χ4v) is 1.01. The van der Waals surface area contributed by atoms with E-state index < -0.39 is 0 Å². The van der Waals surface area contributed by atoms with E-state index in [0.717, 1.165) is 0 Å². The predicted molar refractivity (Wildman–Crippen MR) is 55.6 cm³/mol. The molecule has 0 aromatic carbocycles. The van der Waals surface area contributed by atoms with Crippen LogP contribution in [-0.4, -0.2) is 36.5 Å². The largest absolute Gasteiger partial charge is 0.354 e. The predicted octanol–water partition coefficient (Wildman–Crippen LogP) is 0.250. The lowest BCUT2D eigenvalue weighted by Gasteiger charge is -2.22. The Morgan fingerprint density at radius 2 is 2.07 bits per heavy atom. The summed E-state index contributed by atoms with van der Waals surface area (Å²) in [5, 5.41) is 19.4. The highest BCUT2D eigenvalue weighted by Gasteiger charge is 2.12. The maximum Gasteiger partial charge on any atom is 0.234 e. The number of nitrogens with one attached hydrogen (secondary N) is 1. The van der Waals surface area contributed by atoms with Crippen LogP contribution in [0.1, 0.15) is 20.3 Å². The van der Waals surface area contributed by atoms with E-state index in [1.165, 1.54) is 0 Å². The third-order valence-electron chi connectivity index (χ3n) is 1.91. The monoisotopic (exact) mass is 208 g/mol. The van der Waals surface area contributed by atoms with Crippen molar-refractivity contribution in [3.05, 3.63) is 0 Å². The molecular formula is C10H16N4O. The highest BCUT2D eigenvalue weighted by molar-refractivity contribution is 5.78. The first-order valence-electron chi connectivity index (χ1n) is 4.86. The Labute approximate surface area is 90.3 Å². The molecule has 0 radical (unpaired) electrons. The van der Waals surface area contributed by atoms with Crippen molar-refractivity contribution in [3.63, 3.8) is 0 Å². The third kappa shape index (κ3) is 6.48. The number of amides is 1. The molecule has 5 nitrogen and oxygen atoms in total. The van der Waals surface area contributed by atoms with Crippen LogP contribution in [0, 0.1) is 22.7 Å². The molecule has 0 saturated carbocycles. The molecule has 0 rings (SSSR count). The van der Waals surface area contributed by atoms with E-state index in [1.54, 1.807) is 4.90 Å². The number of nitriles is 2. The topological polar surface area (TPSA) is 79.9 Å². The van der Waals surface area contributed by atoms with Gasteiger partial charge in [0.15, 0.2) is 0 Å². The fraction of sp³-hybridized carbons (Fsp3) is 0.700. The van der Waals surface area contributed by atoms with Gasteiger partial charge in [-0.1, -0.05) is 0 Å². The first-order chi connectivity index (χ1) is 7.11. The zero-order valence-corrected chi connectivity index (χ0v) is 9.16. The SMILES string of the molecule is CC(C)N(CC#N)CC(=O)NCCC#N. The van der Waals surface area contributed by atoms with Gasteiger partial charge in [-0.05, 0) is 13.8 Å². The van der Waals surface area contributed by atoms with Crippen LogP contribution < -0.4 is 5.32 Å². The van der Waals surface area contributed by atoms with Gasteiger partial charge in [0.2, 0.25) is 5.91 Å². The zero-order chi connectivity index (χ0) is 11.7. The highest BCUT2D eigenvalue weighted by Crippen LogP contribution is 1.95. The number of rotatable bonds is 6. The standard InChI is InChI=1S/C10H16N4O/c1-9(2)14(7-5-12)8-10(15)13-6-3-4-11/h9H,3,6-8H2,1-2H3,(H,13,15). The second-order valence-electron chi connectivity index (χ2n) is 3.41. The Morgan fingerprint density at radius 1 is 1.40 bits per heavy atom. The summed E-state index contributed by atoms with van der Waals surface area (Å²) < 4.78 is 0. The van der Waals surface area contributed by atoms with E-state index in [9.17, 15) is 4.79 Å². The lowest BCUT2D eigenvalue weighted by atomic mass is 10.3. The van der Waals surface area contributed by atoms with Gasteiger partial charge in [0, 0.05) is 12.6 Å². The average molecular weight is 208 g/mol. The molecule has 0 atom stereocenters. The molecule has 0 saturated heterocycles. The summed E-state index contributed by atoms with van der Waals surface area (Å²) in [6, 6.07) is 4.12. The van der Waals surface area contributed by atoms with Gasteiger partial charge in [0.1, 0.15) is 0 Å². The Balaban J connectivity index is 3.91. The second kappa shape index (κ2) is 7.78. The Kier molecular flexibility index (Phi) is 6.96. The molecule has 0 unspecified atom stereocenters. The quantitative estimate of drug-likeness (QED) is 0.501. The van der Waals surface area contributed by atoms with E-state index in [4.69, 9.17) is 10.5 Å². The number of carbonyl (C=O) groups excluding carboxylic acids is 1. The molecule has 0 bridgehead atoms. The zero-order valence-electron chi connectivity index (χ0n) is 9.16. The Morgan fingerprint density at radius 3 is 2.53 bits per heavy atom. The smallest absolute Gasteiger partial charge is 0.234 e. The van der Waals surface area contributed by atoms with Crippen LogP contribution in [0.5, 0.6) is 0 Å². The molecule has 0 aliphatic heterocycles. The van der Waals surface area contributed by atoms with Crippen molar-refractivity contribution < 1.29 is 4.79 Å². The van der Waals surface area contributed by atoms with Crippen LogP contribution >= 0.6 is 0 Å². The fourth-order valence-electron chi connectivity index (χ4n) is 1.01. The minimum atomic E-state index is -0.144. The molecule has 0 aromatic rings. The number of hydrogen-bond acceptors (Lipinski definition) is 4. The normalized spacial score (nSPS) is 9.73. The van der Waals surface area contributed by atoms with Crippen molar-refractivity contribution in [2.45, 2.75) is 26.3 Å². The first-order valence-corrected chi connectivity index (χ1v) is 4.86. The minimum absolute atomic E-state index is 0.144. The molecule has 1 N–H and O–H groups in total. The van der Waals surface area contributed by atoms with E-state index in [-0.39, 0.29) is 25.0 Å².